The fourth-order valence-electron chi connectivity index (χ4n) is 4.41. The zero-order chi connectivity index (χ0) is 23.7. The van der Waals surface area contributed by atoms with E-state index in [0.717, 1.165) is 31.7 Å². The molecule has 0 aliphatic heterocycles. The Labute approximate surface area is 202 Å². The molecule has 0 saturated heterocycles. The molecule has 32 heavy (non-hydrogen) atoms. The third-order valence-corrected chi connectivity index (χ3v) is 8.89. The minimum atomic E-state index is -4.45. The van der Waals surface area contributed by atoms with Gasteiger partial charge < -0.3 is 0 Å². The third-order valence-electron chi connectivity index (χ3n) is 6.00. The van der Waals surface area contributed by atoms with E-state index in [2.05, 4.69) is 6.92 Å². The summed E-state index contributed by atoms with van der Waals surface area (Å²) >= 11 is 17.8. The summed E-state index contributed by atoms with van der Waals surface area (Å²) in [7, 11) is -3.81. The summed E-state index contributed by atoms with van der Waals surface area (Å²) in [5.74, 6) is 0.400. The highest BCUT2D eigenvalue weighted by Gasteiger charge is 2.34. The first kappa shape index (κ1) is 25.7. The Morgan fingerprint density at radius 1 is 1.00 bits per heavy atom. The van der Waals surface area contributed by atoms with Crippen LogP contribution in [0.4, 0.5) is 13.2 Å². The zero-order valence-electron chi connectivity index (χ0n) is 17.5. The topological polar surface area (TPSA) is 34.1 Å². The van der Waals surface area contributed by atoms with E-state index >= 15 is 0 Å². The Morgan fingerprint density at radius 3 is 2.34 bits per heavy atom. The Balaban J connectivity index is 1.83. The van der Waals surface area contributed by atoms with Crippen LogP contribution in [0.15, 0.2) is 35.2 Å². The predicted octanol–water partition coefficient (Wildman–Crippen LogP) is 8.05. The minimum Gasteiger partial charge on any atom is -0.224 e. The molecule has 176 valence electrons. The number of rotatable bonds is 6. The Kier molecular flexibility index (Phi) is 8.12. The molecular formula is C23H24Cl3F3O2S. The van der Waals surface area contributed by atoms with E-state index in [-0.39, 0.29) is 43.6 Å². The lowest BCUT2D eigenvalue weighted by molar-refractivity contribution is -0.138. The summed E-state index contributed by atoms with van der Waals surface area (Å²) in [5.41, 5.74) is 0.130. The molecule has 0 spiro atoms. The van der Waals surface area contributed by atoms with Crippen molar-refractivity contribution >= 4 is 44.6 Å². The van der Waals surface area contributed by atoms with Gasteiger partial charge in [0.15, 0.2) is 9.84 Å². The maximum atomic E-state index is 13.6. The molecule has 0 aromatic heterocycles. The van der Waals surface area contributed by atoms with Crippen LogP contribution in [0.25, 0.3) is 0 Å². The van der Waals surface area contributed by atoms with Crippen LogP contribution in [0.5, 0.6) is 0 Å². The van der Waals surface area contributed by atoms with Crippen LogP contribution in [0.3, 0.4) is 0 Å². The molecular weight excluding hydrogens is 504 g/mol. The average molecular weight is 528 g/mol. The van der Waals surface area contributed by atoms with E-state index in [9.17, 15) is 21.6 Å². The standard InChI is InChI=1S/C23H24Cl3F3O2S/c1-14-3-2-4-16(9-14)11-17-10-15(5-6-18(17)23(27,28)29)7-8-32(30,31)22-13-20(25)19(24)12-21(22)26/h5-6,10,12-14,16H,2-4,7-9,11H2,1H3. The maximum absolute atomic E-state index is 13.6. The van der Waals surface area contributed by atoms with Gasteiger partial charge >= 0.3 is 6.18 Å². The molecule has 0 radical (unpaired) electrons. The first-order valence-electron chi connectivity index (χ1n) is 10.4. The first-order chi connectivity index (χ1) is 14.9. The van der Waals surface area contributed by atoms with Crippen molar-refractivity contribution in [2.75, 3.05) is 5.75 Å². The van der Waals surface area contributed by atoms with Gasteiger partial charge in [0.2, 0.25) is 0 Å². The van der Waals surface area contributed by atoms with Crippen molar-refractivity contribution in [3.05, 3.63) is 62.1 Å². The van der Waals surface area contributed by atoms with Crippen LogP contribution in [-0.4, -0.2) is 14.2 Å². The van der Waals surface area contributed by atoms with E-state index in [1.807, 2.05) is 0 Å². The van der Waals surface area contributed by atoms with E-state index in [0.29, 0.717) is 17.9 Å². The summed E-state index contributed by atoms with van der Waals surface area (Å²) in [6, 6.07) is 6.38. The number of halogens is 6. The highest BCUT2D eigenvalue weighted by atomic mass is 35.5. The van der Waals surface area contributed by atoms with Crippen LogP contribution in [0, 0.1) is 11.8 Å². The van der Waals surface area contributed by atoms with Gasteiger partial charge in [-0.05, 0) is 60.4 Å². The average Bonchev–Trinajstić information content (AvgIpc) is 2.68. The van der Waals surface area contributed by atoms with Crippen molar-refractivity contribution < 1.29 is 21.6 Å². The monoisotopic (exact) mass is 526 g/mol. The van der Waals surface area contributed by atoms with Crippen molar-refractivity contribution in [1.82, 2.24) is 0 Å². The highest BCUT2D eigenvalue weighted by molar-refractivity contribution is 7.91. The lowest BCUT2D eigenvalue weighted by Gasteiger charge is -2.28. The molecule has 2 atom stereocenters. The van der Waals surface area contributed by atoms with Gasteiger partial charge in [-0.25, -0.2) is 8.42 Å². The van der Waals surface area contributed by atoms with Crippen LogP contribution in [0.2, 0.25) is 15.1 Å². The van der Waals surface area contributed by atoms with Crippen molar-refractivity contribution in [3.63, 3.8) is 0 Å². The molecule has 2 unspecified atom stereocenters. The fraction of sp³-hybridized carbons (Fsp3) is 0.478. The van der Waals surface area contributed by atoms with Gasteiger partial charge in [-0.3, -0.25) is 0 Å². The lowest BCUT2D eigenvalue weighted by atomic mass is 9.78. The van der Waals surface area contributed by atoms with Gasteiger partial charge in [-0.1, -0.05) is 73.1 Å². The first-order valence-corrected chi connectivity index (χ1v) is 13.2. The molecule has 9 heteroatoms. The summed E-state index contributed by atoms with van der Waals surface area (Å²) in [5, 5.41) is 0.159. The summed E-state index contributed by atoms with van der Waals surface area (Å²) < 4.78 is 66.3. The smallest absolute Gasteiger partial charge is 0.224 e. The molecule has 0 heterocycles. The highest BCUT2D eigenvalue weighted by Crippen LogP contribution is 2.37. The largest absolute Gasteiger partial charge is 0.416 e. The zero-order valence-corrected chi connectivity index (χ0v) is 20.6. The normalized spacial score (nSPS) is 19.8. The van der Waals surface area contributed by atoms with Gasteiger partial charge in [0.25, 0.3) is 0 Å². The number of benzene rings is 2. The summed E-state index contributed by atoms with van der Waals surface area (Å²) in [6.07, 6.45) is -0.0908. The van der Waals surface area contributed by atoms with Crippen LogP contribution < -0.4 is 0 Å². The Morgan fingerprint density at radius 2 is 1.69 bits per heavy atom. The Bertz CT molecular complexity index is 1080. The fourth-order valence-corrected chi connectivity index (χ4v) is 6.75. The molecule has 0 N–H and O–H groups in total. The minimum absolute atomic E-state index is 0.0427. The van der Waals surface area contributed by atoms with Crippen molar-refractivity contribution in [1.29, 1.82) is 0 Å². The maximum Gasteiger partial charge on any atom is 0.416 e. The second kappa shape index (κ2) is 10.1. The molecule has 1 fully saturated rings. The molecule has 0 amide bonds. The van der Waals surface area contributed by atoms with Crippen LogP contribution in [-0.2, 0) is 28.9 Å². The number of sulfone groups is 1. The quantitative estimate of drug-likeness (QED) is 0.356. The van der Waals surface area contributed by atoms with Gasteiger partial charge in [-0.2, -0.15) is 13.2 Å². The molecule has 2 aromatic carbocycles. The molecule has 1 aliphatic rings. The molecule has 1 saturated carbocycles. The summed E-state index contributed by atoms with van der Waals surface area (Å²) in [6.45, 7) is 2.13. The second-order valence-corrected chi connectivity index (χ2v) is 11.9. The summed E-state index contributed by atoms with van der Waals surface area (Å²) in [4.78, 5) is -0.142. The van der Waals surface area contributed by atoms with Gasteiger partial charge in [0.1, 0.15) is 0 Å². The van der Waals surface area contributed by atoms with Crippen molar-refractivity contribution in [2.24, 2.45) is 11.8 Å². The van der Waals surface area contributed by atoms with E-state index < -0.39 is 21.6 Å². The van der Waals surface area contributed by atoms with Crippen molar-refractivity contribution in [3.8, 4) is 0 Å². The third kappa shape index (κ3) is 6.34. The Hall–Kier alpha value is -0.950. The van der Waals surface area contributed by atoms with Gasteiger partial charge in [-0.15, -0.1) is 0 Å². The SMILES string of the molecule is CC1CCCC(Cc2cc(CCS(=O)(=O)c3cc(Cl)c(Cl)cc3Cl)ccc2C(F)(F)F)C1. The van der Waals surface area contributed by atoms with Crippen LogP contribution in [0.1, 0.15) is 49.3 Å². The number of hydrogen-bond acceptors (Lipinski definition) is 2. The van der Waals surface area contributed by atoms with E-state index in [4.69, 9.17) is 34.8 Å². The lowest BCUT2D eigenvalue weighted by Crippen LogP contribution is -2.18. The van der Waals surface area contributed by atoms with Gasteiger partial charge in [0, 0.05) is 0 Å². The second-order valence-electron chi connectivity index (χ2n) is 8.60. The molecule has 2 nitrogen and oxygen atoms in total. The van der Waals surface area contributed by atoms with E-state index in [1.165, 1.54) is 24.3 Å². The van der Waals surface area contributed by atoms with E-state index in [1.54, 1.807) is 0 Å². The van der Waals surface area contributed by atoms with Gasteiger partial charge in [0.05, 0.1) is 31.3 Å². The number of hydrogen-bond donors (Lipinski definition) is 0. The van der Waals surface area contributed by atoms with Crippen molar-refractivity contribution in [2.45, 2.75) is 56.5 Å². The number of aryl methyl sites for hydroxylation is 1. The molecule has 3 rings (SSSR count). The predicted molar refractivity (Wildman–Crippen MR) is 123 cm³/mol. The molecule has 2 aromatic rings. The molecule has 1 aliphatic carbocycles. The van der Waals surface area contributed by atoms with Crippen LogP contribution >= 0.6 is 34.8 Å². The molecule has 0 bridgehead atoms. The number of alkyl halides is 3.